The molecule has 5 rings (SSSR count). The van der Waals surface area contributed by atoms with E-state index in [9.17, 15) is 4.79 Å². The Morgan fingerprint density at radius 2 is 2.17 bits per heavy atom. The van der Waals surface area contributed by atoms with Crippen LogP contribution in [0, 0.1) is 5.92 Å². The SMILES string of the molecule is CCn1nc(C(=O)N[C@@H]2CN3CCC2CC3)c2ccc(Br)cc21. The van der Waals surface area contributed by atoms with E-state index in [0.29, 0.717) is 11.6 Å². The van der Waals surface area contributed by atoms with Crippen LogP contribution in [0.2, 0.25) is 0 Å². The molecule has 3 aliphatic rings. The quantitative estimate of drug-likeness (QED) is 0.895. The first-order valence-corrected chi connectivity index (χ1v) is 9.14. The molecule has 0 radical (unpaired) electrons. The van der Waals surface area contributed by atoms with Crippen LogP contribution in [0.4, 0.5) is 0 Å². The van der Waals surface area contributed by atoms with Crippen LogP contribution in [0.25, 0.3) is 10.9 Å². The van der Waals surface area contributed by atoms with Crippen molar-refractivity contribution in [2.45, 2.75) is 32.4 Å². The van der Waals surface area contributed by atoms with E-state index in [1.807, 2.05) is 29.8 Å². The van der Waals surface area contributed by atoms with Gasteiger partial charge < -0.3 is 10.2 Å². The highest BCUT2D eigenvalue weighted by atomic mass is 79.9. The van der Waals surface area contributed by atoms with Gasteiger partial charge in [-0.1, -0.05) is 15.9 Å². The summed E-state index contributed by atoms with van der Waals surface area (Å²) in [6.07, 6.45) is 2.39. The number of amides is 1. The Bertz CT molecular complexity index is 748. The van der Waals surface area contributed by atoms with Crippen LogP contribution < -0.4 is 5.32 Å². The molecule has 1 amide bonds. The number of benzene rings is 1. The van der Waals surface area contributed by atoms with E-state index in [1.165, 1.54) is 25.9 Å². The Labute approximate surface area is 144 Å². The minimum absolute atomic E-state index is 0.0386. The van der Waals surface area contributed by atoms with Crippen LogP contribution in [0.3, 0.4) is 0 Å². The van der Waals surface area contributed by atoms with Gasteiger partial charge >= 0.3 is 0 Å². The molecule has 122 valence electrons. The molecule has 23 heavy (non-hydrogen) atoms. The van der Waals surface area contributed by atoms with Gasteiger partial charge in [-0.05, 0) is 57.0 Å². The van der Waals surface area contributed by atoms with Crippen molar-refractivity contribution in [3.8, 4) is 0 Å². The molecule has 3 saturated heterocycles. The third-order valence-corrected chi connectivity index (χ3v) is 5.69. The van der Waals surface area contributed by atoms with E-state index in [2.05, 4.69) is 31.2 Å². The highest BCUT2D eigenvalue weighted by Crippen LogP contribution is 2.28. The van der Waals surface area contributed by atoms with Crippen molar-refractivity contribution >= 4 is 32.7 Å². The molecule has 2 aromatic rings. The van der Waals surface area contributed by atoms with E-state index in [0.717, 1.165) is 28.5 Å². The van der Waals surface area contributed by atoms with Crippen molar-refractivity contribution in [2.24, 2.45) is 5.92 Å². The average Bonchev–Trinajstić information content (AvgIpc) is 2.94. The number of carbonyl (C=O) groups is 1. The highest BCUT2D eigenvalue weighted by molar-refractivity contribution is 9.10. The Morgan fingerprint density at radius 3 is 2.83 bits per heavy atom. The molecule has 1 N–H and O–H groups in total. The first-order chi connectivity index (χ1) is 11.2. The van der Waals surface area contributed by atoms with Gasteiger partial charge in [-0.2, -0.15) is 5.10 Å². The maximum atomic E-state index is 12.8. The molecule has 5 nitrogen and oxygen atoms in total. The number of aromatic nitrogens is 2. The van der Waals surface area contributed by atoms with E-state index in [1.54, 1.807) is 0 Å². The fourth-order valence-electron chi connectivity index (χ4n) is 3.92. The van der Waals surface area contributed by atoms with Crippen LogP contribution in [0.1, 0.15) is 30.3 Å². The van der Waals surface area contributed by atoms with E-state index >= 15 is 0 Å². The zero-order valence-corrected chi connectivity index (χ0v) is 14.8. The Kier molecular flexibility index (Phi) is 3.89. The molecule has 0 saturated carbocycles. The first kappa shape index (κ1) is 15.1. The van der Waals surface area contributed by atoms with Crippen LogP contribution in [0.5, 0.6) is 0 Å². The number of fused-ring (bicyclic) bond motifs is 4. The number of nitrogens with zero attached hydrogens (tertiary/aromatic N) is 3. The summed E-state index contributed by atoms with van der Waals surface area (Å²) in [7, 11) is 0. The Balaban J connectivity index is 1.62. The number of hydrogen-bond donors (Lipinski definition) is 1. The summed E-state index contributed by atoms with van der Waals surface area (Å²) < 4.78 is 2.90. The monoisotopic (exact) mass is 376 g/mol. The summed E-state index contributed by atoms with van der Waals surface area (Å²) in [5, 5.41) is 8.71. The number of carbonyl (C=O) groups excluding carboxylic acids is 1. The average molecular weight is 377 g/mol. The van der Waals surface area contributed by atoms with Gasteiger partial charge in [0.2, 0.25) is 0 Å². The summed E-state index contributed by atoms with van der Waals surface area (Å²) in [5.74, 6) is 0.584. The summed E-state index contributed by atoms with van der Waals surface area (Å²) in [4.78, 5) is 15.2. The van der Waals surface area contributed by atoms with Gasteiger partial charge in [0.1, 0.15) is 0 Å². The highest BCUT2D eigenvalue weighted by Gasteiger charge is 2.35. The molecular weight excluding hydrogens is 356 g/mol. The van der Waals surface area contributed by atoms with Gasteiger partial charge in [-0.15, -0.1) is 0 Å². The number of halogens is 1. The second-order valence-corrected chi connectivity index (χ2v) is 7.46. The van der Waals surface area contributed by atoms with Gasteiger partial charge in [0.15, 0.2) is 5.69 Å². The van der Waals surface area contributed by atoms with Crippen LogP contribution in [-0.4, -0.2) is 46.3 Å². The number of hydrogen-bond acceptors (Lipinski definition) is 3. The Morgan fingerprint density at radius 1 is 1.39 bits per heavy atom. The topological polar surface area (TPSA) is 50.2 Å². The fourth-order valence-corrected chi connectivity index (χ4v) is 4.27. The maximum Gasteiger partial charge on any atom is 0.272 e. The number of rotatable bonds is 3. The van der Waals surface area contributed by atoms with Gasteiger partial charge in [-0.25, -0.2) is 0 Å². The lowest BCUT2D eigenvalue weighted by Gasteiger charge is -2.44. The van der Waals surface area contributed by atoms with E-state index < -0.39 is 0 Å². The standard InChI is InChI=1S/C17H21BrN4O/c1-2-22-15-9-12(18)3-4-13(15)16(20-22)17(23)19-14-10-21-7-5-11(14)6-8-21/h3-4,9,11,14H,2,5-8,10H2,1H3,(H,19,23)/t14-/m1/s1. The smallest absolute Gasteiger partial charge is 0.272 e. The molecule has 6 heteroatoms. The van der Waals surface area contributed by atoms with Crippen LogP contribution in [0.15, 0.2) is 22.7 Å². The second kappa shape index (κ2) is 5.91. The minimum atomic E-state index is -0.0386. The summed E-state index contributed by atoms with van der Waals surface area (Å²) in [6, 6.07) is 6.23. The molecule has 3 aliphatic heterocycles. The van der Waals surface area contributed by atoms with Gasteiger partial charge in [0.25, 0.3) is 5.91 Å². The number of aryl methyl sites for hydroxylation is 1. The lowest BCUT2D eigenvalue weighted by atomic mass is 9.84. The number of piperidine rings is 3. The summed E-state index contributed by atoms with van der Waals surface area (Å²) in [5.41, 5.74) is 1.55. The van der Waals surface area contributed by atoms with Crippen LogP contribution >= 0.6 is 15.9 Å². The summed E-state index contributed by atoms with van der Waals surface area (Å²) >= 11 is 3.50. The lowest BCUT2D eigenvalue weighted by molar-refractivity contribution is 0.0618. The normalized spacial score (nSPS) is 26.6. The van der Waals surface area contributed by atoms with Crippen molar-refractivity contribution in [1.29, 1.82) is 0 Å². The molecule has 0 aliphatic carbocycles. The molecule has 1 aromatic carbocycles. The molecule has 1 aromatic heterocycles. The maximum absolute atomic E-state index is 12.8. The largest absolute Gasteiger partial charge is 0.346 e. The summed E-state index contributed by atoms with van der Waals surface area (Å²) in [6.45, 7) is 6.13. The van der Waals surface area contributed by atoms with Crippen molar-refractivity contribution in [3.05, 3.63) is 28.4 Å². The molecule has 0 unspecified atom stereocenters. The third kappa shape index (κ3) is 2.68. The van der Waals surface area contributed by atoms with Gasteiger partial charge in [-0.3, -0.25) is 9.48 Å². The van der Waals surface area contributed by atoms with Crippen molar-refractivity contribution < 1.29 is 4.79 Å². The predicted octanol–water partition coefficient (Wildman–Crippen LogP) is 2.64. The molecule has 2 bridgehead atoms. The lowest BCUT2D eigenvalue weighted by Crippen LogP contribution is -2.57. The third-order valence-electron chi connectivity index (χ3n) is 5.20. The zero-order valence-electron chi connectivity index (χ0n) is 13.3. The van der Waals surface area contributed by atoms with Crippen molar-refractivity contribution in [1.82, 2.24) is 20.0 Å². The zero-order chi connectivity index (χ0) is 16.0. The van der Waals surface area contributed by atoms with Crippen molar-refractivity contribution in [3.63, 3.8) is 0 Å². The van der Waals surface area contributed by atoms with Crippen molar-refractivity contribution in [2.75, 3.05) is 19.6 Å². The molecule has 1 atom stereocenters. The van der Waals surface area contributed by atoms with Gasteiger partial charge in [0.05, 0.1) is 5.52 Å². The number of nitrogens with one attached hydrogen (secondary N) is 1. The fraction of sp³-hybridized carbons (Fsp3) is 0.529. The molecule has 0 spiro atoms. The predicted molar refractivity (Wildman–Crippen MR) is 93.5 cm³/mol. The molecular formula is C17H21BrN4O. The van der Waals surface area contributed by atoms with E-state index in [-0.39, 0.29) is 11.9 Å². The molecule has 4 heterocycles. The van der Waals surface area contributed by atoms with Crippen LogP contribution in [-0.2, 0) is 6.54 Å². The van der Waals surface area contributed by atoms with Gasteiger partial charge in [0, 0.05) is 29.0 Å². The minimum Gasteiger partial charge on any atom is -0.346 e. The Hall–Kier alpha value is -1.40. The second-order valence-electron chi connectivity index (χ2n) is 6.54. The molecule has 3 fully saturated rings. The van der Waals surface area contributed by atoms with E-state index in [4.69, 9.17) is 0 Å². The first-order valence-electron chi connectivity index (χ1n) is 8.35.